The molecule has 8 heteroatoms. The first kappa shape index (κ1) is 15.7. The molecule has 0 aliphatic carbocycles. The Morgan fingerprint density at radius 3 is 2.81 bits per heavy atom. The number of hydrogen-bond donors (Lipinski definition) is 0. The van der Waals surface area contributed by atoms with Crippen molar-refractivity contribution in [3.63, 3.8) is 0 Å². The monoisotopic (exact) mass is 401 g/mol. The van der Waals surface area contributed by atoms with Crippen molar-refractivity contribution in [1.29, 1.82) is 0 Å². The molecule has 0 spiro atoms. The molecule has 0 fully saturated rings. The van der Waals surface area contributed by atoms with Crippen LogP contribution in [-0.2, 0) is 18.5 Å². The number of hydrogen-bond acceptors (Lipinski definition) is 5. The van der Waals surface area contributed by atoms with Gasteiger partial charge in [0, 0.05) is 16.2 Å². The van der Waals surface area contributed by atoms with E-state index in [1.165, 1.54) is 9.36 Å². The lowest BCUT2D eigenvalue weighted by Gasteiger charge is -2.09. The van der Waals surface area contributed by atoms with E-state index in [-0.39, 0.29) is 12.3 Å². The van der Waals surface area contributed by atoms with Gasteiger partial charge in [0.05, 0.1) is 11.4 Å². The molecule has 1 heterocycles. The maximum absolute atomic E-state index is 12.0. The number of nitrogens with zero attached hydrogens (tertiary/aromatic N) is 5. The predicted octanol–water partition coefficient (Wildman–Crippen LogP) is 1.87. The second-order valence-corrected chi connectivity index (χ2v) is 5.65. The number of rotatable bonds is 5. The van der Waals surface area contributed by atoms with Crippen LogP contribution in [0, 0.1) is 3.57 Å². The molecule has 112 valence electrons. The summed E-state index contributed by atoms with van der Waals surface area (Å²) in [6, 6.07) is 5.62. The van der Waals surface area contributed by atoms with Gasteiger partial charge in [-0.1, -0.05) is 18.1 Å². The molecule has 0 saturated carbocycles. The summed E-state index contributed by atoms with van der Waals surface area (Å²) in [6.07, 6.45) is 0.836. The van der Waals surface area contributed by atoms with Gasteiger partial charge in [-0.25, -0.2) is 4.79 Å². The van der Waals surface area contributed by atoms with Gasteiger partial charge in [-0.2, -0.15) is 9.36 Å². The smallest absolute Gasteiger partial charge is 0.368 e. The number of tetrazole rings is 1. The van der Waals surface area contributed by atoms with Gasteiger partial charge in [-0.05, 0) is 58.5 Å². The van der Waals surface area contributed by atoms with Gasteiger partial charge in [0.15, 0.2) is 0 Å². The van der Waals surface area contributed by atoms with Crippen molar-refractivity contribution < 1.29 is 4.84 Å². The Morgan fingerprint density at radius 2 is 2.19 bits per heavy atom. The molecule has 1 aromatic heterocycles. The fraction of sp³-hybridized carbons (Fsp3) is 0.385. The third-order valence-electron chi connectivity index (χ3n) is 2.98. The molecule has 0 saturated heterocycles. The third-order valence-corrected chi connectivity index (χ3v) is 4.00. The fourth-order valence-corrected chi connectivity index (χ4v) is 2.26. The molecule has 2 aromatic rings. The highest BCUT2D eigenvalue weighted by atomic mass is 127. The van der Waals surface area contributed by atoms with Crippen molar-refractivity contribution in [2.45, 2.75) is 26.9 Å². The molecule has 0 aliphatic heterocycles. The second kappa shape index (κ2) is 6.83. The van der Waals surface area contributed by atoms with E-state index in [0.29, 0.717) is 5.69 Å². The number of aryl methyl sites for hydroxylation is 1. The Balaban J connectivity index is 2.37. The predicted molar refractivity (Wildman–Crippen MR) is 87.5 cm³/mol. The molecule has 21 heavy (non-hydrogen) atoms. The minimum atomic E-state index is -0.300. The van der Waals surface area contributed by atoms with Gasteiger partial charge in [-0.3, -0.25) is 0 Å². The van der Waals surface area contributed by atoms with Gasteiger partial charge in [-0.15, -0.1) is 0 Å². The molecule has 0 N–H and O–H groups in total. The Hall–Kier alpha value is -1.71. The molecule has 0 radical (unpaired) electrons. The second-order valence-electron chi connectivity index (χ2n) is 4.49. The van der Waals surface area contributed by atoms with Crippen LogP contribution in [0.1, 0.15) is 25.8 Å². The van der Waals surface area contributed by atoms with Crippen molar-refractivity contribution >= 4 is 28.3 Å². The molecule has 0 aliphatic rings. The summed E-state index contributed by atoms with van der Waals surface area (Å²) in [6.45, 7) is 4.19. The van der Waals surface area contributed by atoms with Crippen molar-refractivity contribution in [2.24, 2.45) is 12.2 Å². The standard InChI is InChI=1S/C13H16IN5O2/c1-4-9(2)15-21-8-10-11(14)6-5-7-12(10)19-13(20)18(3)16-17-19/h5-7H,4,8H2,1-3H3. The van der Waals surface area contributed by atoms with Gasteiger partial charge >= 0.3 is 5.69 Å². The molecule has 7 nitrogen and oxygen atoms in total. The van der Waals surface area contributed by atoms with Crippen molar-refractivity contribution in [2.75, 3.05) is 0 Å². The summed E-state index contributed by atoms with van der Waals surface area (Å²) in [7, 11) is 1.56. The zero-order valence-corrected chi connectivity index (χ0v) is 14.2. The van der Waals surface area contributed by atoms with Crippen LogP contribution in [0.5, 0.6) is 0 Å². The molecular formula is C13H16IN5O2. The summed E-state index contributed by atoms with van der Waals surface area (Å²) < 4.78 is 3.42. The van der Waals surface area contributed by atoms with E-state index in [9.17, 15) is 4.79 Å². The Kier molecular flexibility index (Phi) is 5.10. The molecule has 0 atom stereocenters. The van der Waals surface area contributed by atoms with Crippen LogP contribution in [0.25, 0.3) is 5.69 Å². The lowest BCUT2D eigenvalue weighted by molar-refractivity contribution is 0.129. The number of halogens is 1. The van der Waals surface area contributed by atoms with E-state index in [4.69, 9.17) is 4.84 Å². The summed E-state index contributed by atoms with van der Waals surface area (Å²) >= 11 is 2.20. The molecule has 1 aromatic carbocycles. The number of benzene rings is 1. The normalized spacial score (nSPS) is 11.7. The minimum absolute atomic E-state index is 0.273. The van der Waals surface area contributed by atoms with Gasteiger partial charge in [0.25, 0.3) is 0 Å². The first-order valence-electron chi connectivity index (χ1n) is 6.46. The SMILES string of the molecule is CCC(C)=NOCc1c(I)cccc1-n1nnn(C)c1=O. The average Bonchev–Trinajstić information content (AvgIpc) is 2.80. The summed E-state index contributed by atoms with van der Waals surface area (Å²) in [5.74, 6) is 0. The van der Waals surface area contributed by atoms with E-state index in [0.717, 1.165) is 21.3 Å². The van der Waals surface area contributed by atoms with Crippen molar-refractivity contribution in [3.05, 3.63) is 37.8 Å². The van der Waals surface area contributed by atoms with Gasteiger partial charge in [0.1, 0.15) is 6.61 Å². The zero-order chi connectivity index (χ0) is 15.4. The molecule has 0 unspecified atom stereocenters. The summed E-state index contributed by atoms with van der Waals surface area (Å²) in [5, 5.41) is 11.6. The van der Waals surface area contributed by atoms with Gasteiger partial charge in [0.2, 0.25) is 0 Å². The highest BCUT2D eigenvalue weighted by Crippen LogP contribution is 2.20. The van der Waals surface area contributed by atoms with Crippen molar-refractivity contribution in [3.8, 4) is 5.69 Å². The van der Waals surface area contributed by atoms with E-state index in [1.807, 2.05) is 32.0 Å². The van der Waals surface area contributed by atoms with E-state index in [2.05, 4.69) is 38.2 Å². The van der Waals surface area contributed by atoms with Crippen LogP contribution in [0.4, 0.5) is 0 Å². The van der Waals surface area contributed by atoms with Crippen LogP contribution in [0.3, 0.4) is 0 Å². The fourth-order valence-electron chi connectivity index (χ4n) is 1.62. The largest absolute Gasteiger partial charge is 0.391 e. The van der Waals surface area contributed by atoms with Crippen LogP contribution in [0.15, 0.2) is 28.1 Å². The van der Waals surface area contributed by atoms with Crippen LogP contribution < -0.4 is 5.69 Å². The lowest BCUT2D eigenvalue weighted by atomic mass is 10.2. The summed E-state index contributed by atoms with van der Waals surface area (Å²) in [4.78, 5) is 17.4. The molecular weight excluding hydrogens is 385 g/mol. The average molecular weight is 401 g/mol. The highest BCUT2D eigenvalue weighted by Gasteiger charge is 2.13. The van der Waals surface area contributed by atoms with Gasteiger partial charge < -0.3 is 4.84 Å². The third kappa shape index (κ3) is 3.49. The minimum Gasteiger partial charge on any atom is -0.391 e. The quantitative estimate of drug-likeness (QED) is 0.436. The molecule has 0 bridgehead atoms. The van der Waals surface area contributed by atoms with E-state index < -0.39 is 0 Å². The van der Waals surface area contributed by atoms with Crippen LogP contribution in [-0.4, -0.2) is 25.5 Å². The number of oxime groups is 1. The Morgan fingerprint density at radius 1 is 1.43 bits per heavy atom. The highest BCUT2D eigenvalue weighted by molar-refractivity contribution is 14.1. The maximum atomic E-state index is 12.0. The molecule has 2 rings (SSSR count). The maximum Gasteiger partial charge on any atom is 0.368 e. The van der Waals surface area contributed by atoms with E-state index >= 15 is 0 Å². The lowest BCUT2D eigenvalue weighted by Crippen LogP contribution is -2.23. The zero-order valence-electron chi connectivity index (χ0n) is 12.1. The van der Waals surface area contributed by atoms with Crippen LogP contribution in [0.2, 0.25) is 0 Å². The van der Waals surface area contributed by atoms with Crippen molar-refractivity contribution in [1.82, 2.24) is 19.8 Å². The first-order chi connectivity index (χ1) is 10.0. The Labute approximate surface area is 135 Å². The molecule has 0 amide bonds. The summed E-state index contributed by atoms with van der Waals surface area (Å²) in [5.41, 5.74) is 2.13. The van der Waals surface area contributed by atoms with E-state index in [1.54, 1.807) is 7.05 Å². The topological polar surface area (TPSA) is 74.3 Å². The van der Waals surface area contributed by atoms with Crippen LogP contribution >= 0.6 is 22.6 Å². The number of aromatic nitrogens is 4. The Bertz CT molecular complexity index is 720. The first-order valence-corrected chi connectivity index (χ1v) is 7.54.